The van der Waals surface area contributed by atoms with E-state index in [9.17, 15) is 18.0 Å². The maximum absolute atomic E-state index is 14.1. The van der Waals surface area contributed by atoms with Crippen LogP contribution in [0.15, 0.2) is 23.1 Å². The minimum atomic E-state index is -4.30. The molecule has 0 aliphatic rings. The van der Waals surface area contributed by atoms with Crippen LogP contribution in [-0.4, -0.2) is 58.2 Å². The molecule has 0 saturated heterocycles. The number of ether oxygens (including phenoxy) is 2. The van der Waals surface area contributed by atoms with Crippen LogP contribution in [0.1, 0.15) is 114 Å². The quantitative estimate of drug-likeness (QED) is 0.128. The fourth-order valence-corrected chi connectivity index (χ4v) is 14.9. The average Bonchev–Trinajstić information content (AvgIpc) is 2.88. The van der Waals surface area contributed by atoms with Gasteiger partial charge >= 0.3 is 225 Å². The third-order valence-corrected chi connectivity index (χ3v) is 15.9. The molecule has 37 heavy (non-hydrogen) atoms. The summed E-state index contributed by atoms with van der Waals surface area (Å²) in [5.41, 5.74) is -0.0294. The summed E-state index contributed by atoms with van der Waals surface area (Å²) in [4.78, 5) is 24.9. The summed E-state index contributed by atoms with van der Waals surface area (Å²) < 4.78 is 45.0. The molecule has 0 atom stereocenters. The van der Waals surface area contributed by atoms with E-state index in [0.29, 0.717) is 0 Å². The van der Waals surface area contributed by atoms with E-state index in [4.69, 9.17) is 13.4 Å². The molecular weight excluding hydrogens is 511 g/mol. The average molecular weight is 561 g/mol. The number of unbranched alkanes of at least 4 members (excludes halogenated alkanes) is 4. The molecule has 0 fully saturated rings. The standard InChI is InChI=1S/C28H49O7PS/c1-7-13-17-36(18-14-8-2,19-15-9-3,20-16-10-4)35-37(31,32)26-22-24(27(29)33-11-5)21-25(23-26)28(30)34-12-6/h21-23H,7-20H2,1-6H3. The fourth-order valence-electron chi connectivity index (χ4n) is 4.78. The minimum absolute atomic E-state index is 0.0147. The fraction of sp³-hybridized carbons (Fsp3) is 0.714. The SMILES string of the molecule is CCCCP(CCCC)(CCCC)(CCCC)OS(=O)(=O)c1cc(C(=O)OCC)cc(C(=O)OCC)c1. The Hall–Kier alpha value is -1.50. The predicted octanol–water partition coefficient (Wildman–Crippen LogP) is 7.41. The van der Waals surface area contributed by atoms with Crippen LogP contribution in [0.25, 0.3) is 0 Å². The molecule has 0 saturated carbocycles. The van der Waals surface area contributed by atoms with Gasteiger partial charge in [0.25, 0.3) is 0 Å². The topological polar surface area (TPSA) is 96.0 Å². The molecule has 0 heterocycles. The molecule has 0 spiro atoms. The van der Waals surface area contributed by atoms with Crippen molar-refractivity contribution in [3.05, 3.63) is 29.3 Å². The number of carbonyl (C=O) groups is 2. The summed E-state index contributed by atoms with van der Waals surface area (Å²) in [7, 11) is -4.30. The van der Waals surface area contributed by atoms with Gasteiger partial charge < -0.3 is 0 Å². The van der Waals surface area contributed by atoms with Crippen molar-refractivity contribution in [2.24, 2.45) is 0 Å². The van der Waals surface area contributed by atoms with E-state index in [1.54, 1.807) is 13.8 Å². The van der Waals surface area contributed by atoms with Crippen LogP contribution in [-0.2, 0) is 23.6 Å². The first-order chi connectivity index (χ1) is 17.6. The molecule has 214 valence electrons. The molecule has 7 nitrogen and oxygen atoms in total. The molecule has 0 N–H and O–H groups in total. The van der Waals surface area contributed by atoms with Crippen LogP contribution < -0.4 is 0 Å². The normalized spacial score (nSPS) is 13.1. The van der Waals surface area contributed by atoms with E-state index in [0.717, 1.165) is 76.0 Å². The third kappa shape index (κ3) is 9.63. The molecule has 0 aliphatic carbocycles. The van der Waals surface area contributed by atoms with Crippen molar-refractivity contribution in [2.75, 3.05) is 37.9 Å². The van der Waals surface area contributed by atoms with Crippen molar-refractivity contribution >= 4 is 28.9 Å². The van der Waals surface area contributed by atoms with Crippen molar-refractivity contribution in [3.63, 3.8) is 0 Å². The summed E-state index contributed by atoms with van der Waals surface area (Å²) in [6.45, 7) is 8.86. The van der Waals surface area contributed by atoms with Gasteiger partial charge in [-0.1, -0.05) is 0 Å². The van der Waals surface area contributed by atoms with E-state index in [1.807, 2.05) is 0 Å². The molecule has 0 aromatic heterocycles. The third-order valence-electron chi connectivity index (χ3n) is 6.84. The van der Waals surface area contributed by atoms with Gasteiger partial charge in [0.15, 0.2) is 0 Å². The van der Waals surface area contributed by atoms with Gasteiger partial charge in [-0.05, 0) is 0 Å². The van der Waals surface area contributed by atoms with Crippen LogP contribution in [0.2, 0.25) is 0 Å². The summed E-state index contributed by atoms with van der Waals surface area (Å²) >= 11 is 0. The Balaban J connectivity index is 3.79. The Labute approximate surface area is 225 Å². The molecule has 1 aromatic rings. The van der Waals surface area contributed by atoms with E-state index in [-0.39, 0.29) is 29.2 Å². The molecule has 0 amide bonds. The number of esters is 2. The molecule has 1 aromatic carbocycles. The van der Waals surface area contributed by atoms with Crippen molar-refractivity contribution in [2.45, 2.75) is 97.8 Å². The van der Waals surface area contributed by atoms with Crippen LogP contribution >= 0.6 is 6.83 Å². The Morgan fingerprint density at radius 2 is 1.00 bits per heavy atom. The first-order valence-corrected chi connectivity index (χ1v) is 18.3. The van der Waals surface area contributed by atoms with Crippen LogP contribution in [0, 0.1) is 0 Å². The van der Waals surface area contributed by atoms with E-state index >= 15 is 0 Å². The Bertz CT molecular complexity index is 895. The summed E-state index contributed by atoms with van der Waals surface area (Å²) in [5, 5.41) is 0. The zero-order valence-electron chi connectivity index (χ0n) is 23.8. The number of carbonyl (C=O) groups excluding carboxylic acids is 2. The molecule has 0 bridgehead atoms. The van der Waals surface area contributed by atoms with Crippen LogP contribution in [0.5, 0.6) is 0 Å². The van der Waals surface area contributed by atoms with E-state index in [1.165, 1.54) is 18.2 Å². The zero-order chi connectivity index (χ0) is 28.0. The molecule has 0 aliphatic heterocycles. The molecular formula is C28H49O7PS. The number of hydrogen-bond donors (Lipinski definition) is 0. The second-order valence-corrected chi connectivity index (χ2v) is 17.4. The van der Waals surface area contributed by atoms with Gasteiger partial charge in [0, 0.05) is 0 Å². The predicted molar refractivity (Wildman–Crippen MR) is 153 cm³/mol. The van der Waals surface area contributed by atoms with Crippen molar-refractivity contribution in [3.8, 4) is 0 Å². The van der Waals surface area contributed by atoms with Crippen LogP contribution in [0.3, 0.4) is 0 Å². The monoisotopic (exact) mass is 560 g/mol. The zero-order valence-corrected chi connectivity index (χ0v) is 25.6. The number of benzene rings is 1. The van der Waals surface area contributed by atoms with Gasteiger partial charge in [-0.2, -0.15) is 0 Å². The van der Waals surface area contributed by atoms with E-state index < -0.39 is 28.9 Å². The second kappa shape index (κ2) is 15.8. The van der Waals surface area contributed by atoms with E-state index in [2.05, 4.69) is 27.7 Å². The Kier molecular flexibility index (Phi) is 14.3. The first kappa shape index (κ1) is 33.5. The summed E-state index contributed by atoms with van der Waals surface area (Å²) in [6.07, 6.45) is 10.5. The van der Waals surface area contributed by atoms with Gasteiger partial charge in [-0.15, -0.1) is 0 Å². The van der Waals surface area contributed by atoms with Crippen molar-refractivity contribution in [1.29, 1.82) is 0 Å². The van der Waals surface area contributed by atoms with Gasteiger partial charge in [-0.3, -0.25) is 0 Å². The van der Waals surface area contributed by atoms with Gasteiger partial charge in [0.2, 0.25) is 0 Å². The molecule has 1 rings (SSSR count). The molecule has 9 heteroatoms. The summed E-state index contributed by atoms with van der Waals surface area (Å²) in [5.74, 6) is -1.40. The molecule has 0 radical (unpaired) electrons. The second-order valence-electron chi connectivity index (χ2n) is 9.88. The number of hydrogen-bond acceptors (Lipinski definition) is 7. The maximum atomic E-state index is 14.1. The van der Waals surface area contributed by atoms with Crippen LogP contribution in [0.4, 0.5) is 0 Å². The van der Waals surface area contributed by atoms with Gasteiger partial charge in [0.1, 0.15) is 0 Å². The number of rotatable bonds is 19. The van der Waals surface area contributed by atoms with Gasteiger partial charge in [-0.25, -0.2) is 0 Å². The van der Waals surface area contributed by atoms with Crippen molar-refractivity contribution in [1.82, 2.24) is 0 Å². The Morgan fingerprint density at radius 1 is 0.649 bits per heavy atom. The Morgan fingerprint density at radius 3 is 1.30 bits per heavy atom. The first-order valence-electron chi connectivity index (χ1n) is 14.0. The molecule has 0 unspecified atom stereocenters. The van der Waals surface area contributed by atoms with Gasteiger partial charge in [0.05, 0.1) is 0 Å². The van der Waals surface area contributed by atoms with Crippen molar-refractivity contribution < 1.29 is 31.5 Å². The summed E-state index contributed by atoms with van der Waals surface area (Å²) in [6, 6.07) is 3.85.